The number of aromatic amines is 1. The molecule has 338 valence electrons. The normalized spacial score (nSPS) is 10.4. The lowest BCUT2D eigenvalue weighted by Crippen LogP contribution is -2.00. The Morgan fingerprint density at radius 1 is 0.423 bits per heavy atom. The van der Waals surface area contributed by atoms with Crippen LogP contribution >= 0.6 is 0 Å². The molecule has 0 bridgehead atoms. The summed E-state index contributed by atoms with van der Waals surface area (Å²) in [5, 5.41) is 85.4. The Balaban J connectivity index is 1.54. The Bertz CT molecular complexity index is 3560. The molecule has 13 heteroatoms. The standard InChI is InChI=1S/C58H37N9O4/c1-31(2)33-9-7-11-41-43(17-33)49(57(68)70-5)21-47(41)55(39(27-63)28-64)53(37(23-59)24-60)35-13-15-51-45(19-35)46-20-36(14-16-52(46)67-51)54(38(25-61)26-62)56(40(29-65)30-66)48-22-50(58(69)71-6)44-18-34(32(3)4)10-8-12-42(44)48/h7-22,31-32,67H,1-6H3. The molecule has 1 heterocycles. The molecule has 0 saturated carbocycles. The van der Waals surface area contributed by atoms with Gasteiger partial charge in [0.1, 0.15) is 70.8 Å². The van der Waals surface area contributed by atoms with Crippen LogP contribution in [-0.2, 0) is 9.47 Å². The molecule has 7 rings (SSSR count). The highest BCUT2D eigenvalue weighted by Gasteiger charge is 2.31. The number of carbonyl (C=O) groups excluding carboxylic acids is 2. The first kappa shape index (κ1) is 48.4. The van der Waals surface area contributed by atoms with Gasteiger partial charge < -0.3 is 14.5 Å². The predicted molar refractivity (Wildman–Crippen MR) is 265 cm³/mol. The molecule has 2 aromatic carbocycles. The van der Waals surface area contributed by atoms with Crippen molar-refractivity contribution in [1.29, 1.82) is 42.1 Å². The van der Waals surface area contributed by atoms with E-state index in [4.69, 9.17) is 9.47 Å². The zero-order valence-corrected chi connectivity index (χ0v) is 39.1. The number of nitrogens with one attached hydrogen (secondary N) is 1. The Labute approximate surface area is 409 Å². The maximum Gasteiger partial charge on any atom is 0.338 e. The number of H-pyrrole nitrogens is 1. The van der Waals surface area contributed by atoms with E-state index < -0.39 is 34.2 Å². The second-order valence-electron chi connectivity index (χ2n) is 16.8. The van der Waals surface area contributed by atoms with Crippen LogP contribution in [0, 0.1) is 90.6 Å². The Kier molecular flexibility index (Phi) is 13.7. The maximum atomic E-state index is 13.4. The topological polar surface area (TPSA) is 259 Å². The third-order valence-corrected chi connectivity index (χ3v) is 12.3. The highest BCUT2D eigenvalue weighted by Crippen LogP contribution is 2.48. The van der Waals surface area contributed by atoms with E-state index in [1.165, 1.54) is 26.4 Å². The summed E-state index contributed by atoms with van der Waals surface area (Å²) in [6.45, 7) is 7.94. The highest BCUT2D eigenvalue weighted by molar-refractivity contribution is 6.20. The van der Waals surface area contributed by atoms with Gasteiger partial charge in [-0.05, 0) is 104 Å². The molecule has 0 saturated heterocycles. The van der Waals surface area contributed by atoms with Crippen molar-refractivity contribution in [2.45, 2.75) is 39.5 Å². The van der Waals surface area contributed by atoms with Gasteiger partial charge in [0, 0.05) is 44.1 Å². The summed E-state index contributed by atoms with van der Waals surface area (Å²) in [6, 6.07) is 42.8. The van der Waals surface area contributed by atoms with Crippen LogP contribution in [0.1, 0.15) is 93.6 Å². The van der Waals surface area contributed by atoms with Gasteiger partial charge in [-0.1, -0.05) is 88.4 Å². The quantitative estimate of drug-likeness (QED) is 0.0763. The fraction of sp³-hybridized carbons (Fsp3) is 0.138. The summed E-state index contributed by atoms with van der Waals surface area (Å²) in [5.74, 6) is -1.31. The number of ether oxygens (including phenoxy) is 2. The minimum absolute atomic E-state index is 0.0390. The molecule has 0 amide bonds. The fourth-order valence-corrected chi connectivity index (χ4v) is 8.85. The minimum Gasteiger partial charge on any atom is -0.465 e. The molecule has 0 unspecified atom stereocenters. The number of rotatable bonds is 10. The van der Waals surface area contributed by atoms with E-state index in [9.17, 15) is 51.7 Å². The molecular formula is C58H37N9O4. The van der Waals surface area contributed by atoms with E-state index >= 15 is 0 Å². The molecule has 0 atom stereocenters. The van der Waals surface area contributed by atoms with E-state index in [0.29, 0.717) is 44.1 Å². The summed E-state index contributed by atoms with van der Waals surface area (Å²) < 4.78 is 10.3. The number of hydrogen-bond acceptors (Lipinski definition) is 12. The number of benzene rings is 2. The van der Waals surface area contributed by atoms with E-state index in [-0.39, 0.29) is 67.5 Å². The van der Waals surface area contributed by atoms with Gasteiger partial charge in [0.05, 0.1) is 25.3 Å². The number of allylic oxidation sites excluding steroid dienone is 8. The van der Waals surface area contributed by atoms with Crippen LogP contribution in [0.3, 0.4) is 0 Å². The molecule has 13 nitrogen and oxygen atoms in total. The van der Waals surface area contributed by atoms with Crippen molar-refractivity contribution in [1.82, 2.24) is 4.98 Å². The van der Waals surface area contributed by atoms with Gasteiger partial charge >= 0.3 is 11.9 Å². The number of fused-ring (bicyclic) bond motifs is 5. The zero-order valence-electron chi connectivity index (χ0n) is 39.1. The molecule has 3 aromatic rings. The van der Waals surface area contributed by atoms with E-state index in [0.717, 1.165) is 11.1 Å². The number of hydrogen-bond donors (Lipinski definition) is 1. The molecular weight excluding hydrogens is 887 g/mol. The Morgan fingerprint density at radius 3 is 1.07 bits per heavy atom. The van der Waals surface area contributed by atoms with Crippen LogP contribution < -0.4 is 0 Å². The number of aromatic nitrogens is 1. The van der Waals surface area contributed by atoms with Crippen molar-refractivity contribution in [3.63, 3.8) is 0 Å². The monoisotopic (exact) mass is 923 g/mol. The number of carbonyl (C=O) groups is 2. The average Bonchev–Trinajstić information content (AvgIpc) is 3.91. The molecule has 4 aliphatic carbocycles. The molecule has 1 aromatic heterocycles. The van der Waals surface area contributed by atoms with Crippen molar-refractivity contribution in [2.75, 3.05) is 14.2 Å². The molecule has 0 radical (unpaired) electrons. The van der Waals surface area contributed by atoms with Crippen LogP contribution in [0.5, 0.6) is 0 Å². The van der Waals surface area contributed by atoms with Gasteiger partial charge in [0.15, 0.2) is 0 Å². The van der Waals surface area contributed by atoms with Crippen molar-refractivity contribution in [3.8, 4) is 70.8 Å². The van der Waals surface area contributed by atoms with E-state index in [1.807, 2.05) is 101 Å². The van der Waals surface area contributed by atoms with E-state index in [2.05, 4.69) is 4.98 Å². The number of methoxy groups -OCH3 is 2. The minimum atomic E-state index is -0.692. The number of nitrogens with zero attached hydrogens (tertiary/aromatic N) is 8. The zero-order chi connectivity index (χ0) is 51.3. The van der Waals surface area contributed by atoms with Crippen LogP contribution in [0.4, 0.5) is 0 Å². The summed E-state index contributed by atoms with van der Waals surface area (Å²) in [5.41, 5.74) is 3.68. The van der Waals surface area contributed by atoms with Crippen molar-refractivity contribution < 1.29 is 19.1 Å². The van der Waals surface area contributed by atoms with E-state index in [1.54, 1.807) is 60.7 Å². The number of nitriles is 8. The van der Waals surface area contributed by atoms with Gasteiger partial charge in [0.2, 0.25) is 0 Å². The summed E-state index contributed by atoms with van der Waals surface area (Å²) in [7, 11) is 2.46. The third kappa shape index (κ3) is 8.56. The largest absolute Gasteiger partial charge is 0.465 e. The first-order valence-corrected chi connectivity index (χ1v) is 21.8. The SMILES string of the molecule is COC(=O)c1cc(C(=C(C#N)C#N)C(=C(C#N)C#N)c2ccc3[nH]c4ccc(C(=C(C#N)C#N)C(=C(C#N)C#N)c5cc(C(=O)OC)c6cc(C(C)C)cccc5-6)cc4c3c2)c2cccc(C(C)C)cc1-2. The molecule has 1 N–H and O–H groups in total. The van der Waals surface area contributed by atoms with Crippen LogP contribution in [0.2, 0.25) is 0 Å². The van der Waals surface area contributed by atoms with Gasteiger partial charge in [0.25, 0.3) is 0 Å². The van der Waals surface area contributed by atoms with Crippen LogP contribution in [0.25, 0.3) is 66.4 Å². The molecule has 0 fully saturated rings. The lowest BCUT2D eigenvalue weighted by Gasteiger charge is -2.15. The smallest absolute Gasteiger partial charge is 0.338 e. The molecule has 4 aliphatic rings. The van der Waals surface area contributed by atoms with Crippen molar-refractivity contribution in [3.05, 3.63) is 164 Å². The summed E-state index contributed by atoms with van der Waals surface area (Å²) in [6.07, 6.45) is 0. The summed E-state index contributed by atoms with van der Waals surface area (Å²) in [4.78, 5) is 30.1. The maximum absolute atomic E-state index is 13.4. The Hall–Kier alpha value is -10.5. The van der Waals surface area contributed by atoms with Crippen LogP contribution in [0.15, 0.2) is 119 Å². The first-order valence-electron chi connectivity index (χ1n) is 21.8. The van der Waals surface area contributed by atoms with Gasteiger partial charge in [-0.15, -0.1) is 0 Å². The lowest BCUT2D eigenvalue weighted by atomic mass is 9.84. The van der Waals surface area contributed by atoms with Gasteiger partial charge in [-0.2, -0.15) is 42.1 Å². The van der Waals surface area contributed by atoms with Gasteiger partial charge in [-0.25, -0.2) is 9.59 Å². The number of esters is 2. The van der Waals surface area contributed by atoms with Gasteiger partial charge in [-0.3, -0.25) is 0 Å². The lowest BCUT2D eigenvalue weighted by molar-refractivity contribution is 0.0593. The fourth-order valence-electron chi connectivity index (χ4n) is 8.85. The highest BCUT2D eigenvalue weighted by atomic mass is 16.5. The second kappa shape index (κ2) is 20.1. The summed E-state index contributed by atoms with van der Waals surface area (Å²) >= 11 is 0. The third-order valence-electron chi connectivity index (χ3n) is 12.3. The average molecular weight is 924 g/mol. The predicted octanol–water partition coefficient (Wildman–Crippen LogP) is 12.0. The molecule has 0 aliphatic heterocycles. The van der Waals surface area contributed by atoms with Crippen LogP contribution in [-0.4, -0.2) is 31.1 Å². The molecule has 71 heavy (non-hydrogen) atoms. The van der Waals surface area contributed by atoms with Crippen molar-refractivity contribution >= 4 is 56.0 Å². The first-order chi connectivity index (χ1) is 34.3. The van der Waals surface area contributed by atoms with Crippen molar-refractivity contribution in [2.24, 2.45) is 0 Å². The molecule has 0 spiro atoms. The Morgan fingerprint density at radius 2 is 0.761 bits per heavy atom. The second-order valence-corrected chi connectivity index (χ2v) is 16.8.